The van der Waals surface area contributed by atoms with Crippen molar-refractivity contribution in [3.8, 4) is 0 Å². The Morgan fingerprint density at radius 2 is 2.31 bits per heavy atom. The van der Waals surface area contributed by atoms with E-state index in [1.807, 2.05) is 25.5 Å². The van der Waals surface area contributed by atoms with Crippen molar-refractivity contribution < 1.29 is 0 Å². The van der Waals surface area contributed by atoms with Crippen LogP contribution in [-0.4, -0.2) is 21.1 Å². The molecule has 2 aromatic heterocycles. The highest BCUT2D eigenvalue weighted by atomic mass is 32.1. The number of imidazole rings is 1. The molecule has 0 aliphatic carbocycles. The Labute approximate surface area is 99.4 Å². The average molecular weight is 236 g/mol. The number of hydrogen-bond donors (Lipinski definition) is 1. The van der Waals surface area contributed by atoms with Crippen LogP contribution in [0.5, 0.6) is 0 Å². The van der Waals surface area contributed by atoms with Gasteiger partial charge in [-0.15, -0.1) is 11.3 Å². The molecule has 0 amide bonds. The highest BCUT2D eigenvalue weighted by molar-refractivity contribution is 7.11. The summed E-state index contributed by atoms with van der Waals surface area (Å²) < 4.78 is 2.11. The van der Waals surface area contributed by atoms with Gasteiger partial charge in [0.25, 0.3) is 0 Å². The minimum absolute atomic E-state index is 0.845. The van der Waals surface area contributed by atoms with Crippen LogP contribution in [0.15, 0.2) is 18.6 Å². The smallest absolute Gasteiger partial charge is 0.203 e. The summed E-state index contributed by atoms with van der Waals surface area (Å²) in [5, 5.41) is 4.42. The number of aromatic nitrogens is 3. The Hall–Kier alpha value is -1.36. The SMILES string of the molecule is CCCNc1nccn1Cc1cnc(C)s1. The largest absolute Gasteiger partial charge is 0.356 e. The Kier molecular flexibility index (Phi) is 3.56. The summed E-state index contributed by atoms with van der Waals surface area (Å²) in [5.41, 5.74) is 0. The highest BCUT2D eigenvalue weighted by Crippen LogP contribution is 2.15. The van der Waals surface area contributed by atoms with Gasteiger partial charge in [0.1, 0.15) is 0 Å². The fraction of sp³-hybridized carbons (Fsp3) is 0.455. The van der Waals surface area contributed by atoms with Crippen LogP contribution in [0.2, 0.25) is 0 Å². The van der Waals surface area contributed by atoms with Gasteiger partial charge in [-0.2, -0.15) is 0 Å². The third kappa shape index (κ3) is 2.61. The van der Waals surface area contributed by atoms with Gasteiger partial charge >= 0.3 is 0 Å². The molecule has 0 fully saturated rings. The first-order chi connectivity index (χ1) is 7.79. The molecule has 4 nitrogen and oxygen atoms in total. The lowest BCUT2D eigenvalue weighted by atomic mass is 10.5. The van der Waals surface area contributed by atoms with Gasteiger partial charge in [-0.25, -0.2) is 9.97 Å². The van der Waals surface area contributed by atoms with Gasteiger partial charge in [-0.1, -0.05) is 6.92 Å². The van der Waals surface area contributed by atoms with Crippen LogP contribution in [0.3, 0.4) is 0 Å². The van der Waals surface area contributed by atoms with Crippen molar-refractivity contribution in [1.82, 2.24) is 14.5 Å². The number of nitrogens with one attached hydrogen (secondary N) is 1. The molecule has 0 atom stereocenters. The number of hydrogen-bond acceptors (Lipinski definition) is 4. The fourth-order valence-electron chi connectivity index (χ4n) is 1.49. The summed E-state index contributed by atoms with van der Waals surface area (Å²) in [6.45, 7) is 5.97. The van der Waals surface area contributed by atoms with E-state index in [1.54, 1.807) is 11.3 Å². The molecule has 2 aromatic rings. The van der Waals surface area contributed by atoms with Crippen LogP contribution >= 0.6 is 11.3 Å². The molecule has 2 rings (SSSR count). The Bertz CT molecular complexity index is 446. The van der Waals surface area contributed by atoms with Gasteiger partial charge < -0.3 is 9.88 Å². The molecule has 0 radical (unpaired) electrons. The first-order valence-electron chi connectivity index (χ1n) is 5.46. The van der Waals surface area contributed by atoms with Gasteiger partial charge in [0.15, 0.2) is 0 Å². The summed E-state index contributed by atoms with van der Waals surface area (Å²) >= 11 is 1.73. The van der Waals surface area contributed by atoms with Crippen LogP contribution in [0.4, 0.5) is 5.95 Å². The maximum Gasteiger partial charge on any atom is 0.203 e. The minimum Gasteiger partial charge on any atom is -0.356 e. The lowest BCUT2D eigenvalue weighted by molar-refractivity contribution is 0.802. The summed E-state index contributed by atoms with van der Waals surface area (Å²) in [6.07, 6.45) is 6.86. The first-order valence-corrected chi connectivity index (χ1v) is 6.27. The molecular weight excluding hydrogens is 220 g/mol. The maximum atomic E-state index is 4.29. The zero-order valence-electron chi connectivity index (χ0n) is 9.60. The molecule has 0 bridgehead atoms. The van der Waals surface area contributed by atoms with Crippen LogP contribution in [0.1, 0.15) is 23.2 Å². The monoisotopic (exact) mass is 236 g/mol. The van der Waals surface area contributed by atoms with Crippen molar-refractivity contribution in [1.29, 1.82) is 0 Å². The maximum absolute atomic E-state index is 4.29. The van der Waals surface area contributed by atoms with Crippen molar-refractivity contribution in [3.63, 3.8) is 0 Å². The van der Waals surface area contributed by atoms with Crippen LogP contribution in [-0.2, 0) is 6.54 Å². The van der Waals surface area contributed by atoms with Crippen molar-refractivity contribution in [2.75, 3.05) is 11.9 Å². The summed E-state index contributed by atoms with van der Waals surface area (Å²) in [6, 6.07) is 0. The van der Waals surface area contributed by atoms with Crippen molar-refractivity contribution in [2.45, 2.75) is 26.8 Å². The second-order valence-electron chi connectivity index (χ2n) is 3.65. The highest BCUT2D eigenvalue weighted by Gasteiger charge is 2.04. The molecule has 5 heteroatoms. The number of anilines is 1. The molecule has 0 aromatic carbocycles. The van der Waals surface area contributed by atoms with E-state index in [4.69, 9.17) is 0 Å². The normalized spacial score (nSPS) is 10.6. The lowest BCUT2D eigenvalue weighted by Gasteiger charge is -2.07. The van der Waals surface area contributed by atoms with E-state index >= 15 is 0 Å². The van der Waals surface area contributed by atoms with E-state index < -0.39 is 0 Å². The summed E-state index contributed by atoms with van der Waals surface area (Å²) in [7, 11) is 0. The summed E-state index contributed by atoms with van der Waals surface area (Å²) in [4.78, 5) is 9.81. The molecule has 0 unspecified atom stereocenters. The molecule has 1 N–H and O–H groups in total. The zero-order chi connectivity index (χ0) is 11.4. The molecule has 2 heterocycles. The molecule has 16 heavy (non-hydrogen) atoms. The molecule has 0 spiro atoms. The van der Waals surface area contributed by atoms with Gasteiger partial charge in [0.2, 0.25) is 5.95 Å². The minimum atomic E-state index is 0.845. The van der Waals surface area contributed by atoms with Gasteiger partial charge in [0.05, 0.1) is 11.6 Å². The van der Waals surface area contributed by atoms with Gasteiger partial charge in [-0.3, -0.25) is 0 Å². The lowest BCUT2D eigenvalue weighted by Crippen LogP contribution is -2.08. The fourth-order valence-corrected chi connectivity index (χ4v) is 2.28. The molecular formula is C11H16N4S. The van der Waals surface area contributed by atoms with E-state index in [1.165, 1.54) is 4.88 Å². The van der Waals surface area contributed by atoms with E-state index in [2.05, 4.69) is 26.8 Å². The van der Waals surface area contributed by atoms with E-state index in [0.717, 1.165) is 30.5 Å². The zero-order valence-corrected chi connectivity index (χ0v) is 10.4. The third-order valence-corrected chi connectivity index (χ3v) is 3.14. The Balaban J connectivity index is 2.06. The van der Waals surface area contributed by atoms with Gasteiger partial charge in [0, 0.05) is 30.0 Å². The van der Waals surface area contributed by atoms with Crippen LogP contribution in [0, 0.1) is 6.92 Å². The topological polar surface area (TPSA) is 42.7 Å². The van der Waals surface area contributed by atoms with Crippen molar-refractivity contribution >= 4 is 17.3 Å². The predicted molar refractivity (Wildman–Crippen MR) is 67.0 cm³/mol. The van der Waals surface area contributed by atoms with E-state index in [0.29, 0.717) is 0 Å². The molecule has 0 aliphatic heterocycles. The Morgan fingerprint density at radius 1 is 1.44 bits per heavy atom. The van der Waals surface area contributed by atoms with E-state index in [9.17, 15) is 0 Å². The molecule has 86 valence electrons. The number of nitrogens with zero attached hydrogens (tertiary/aromatic N) is 3. The average Bonchev–Trinajstić information content (AvgIpc) is 2.86. The quantitative estimate of drug-likeness (QED) is 0.867. The molecule has 0 aliphatic rings. The standard InChI is InChI=1S/C11H16N4S/c1-3-4-12-11-13-5-6-15(11)8-10-7-14-9(2)16-10/h5-7H,3-4,8H2,1-2H3,(H,12,13). The Morgan fingerprint density at radius 3 is 3.00 bits per heavy atom. The first kappa shape index (κ1) is 11.1. The van der Waals surface area contributed by atoms with Crippen molar-refractivity contribution in [2.24, 2.45) is 0 Å². The van der Waals surface area contributed by atoms with Crippen LogP contribution in [0.25, 0.3) is 0 Å². The number of rotatable bonds is 5. The second kappa shape index (κ2) is 5.12. The van der Waals surface area contributed by atoms with Crippen molar-refractivity contribution in [3.05, 3.63) is 28.5 Å². The van der Waals surface area contributed by atoms with Gasteiger partial charge in [-0.05, 0) is 13.3 Å². The third-order valence-electron chi connectivity index (χ3n) is 2.24. The van der Waals surface area contributed by atoms with E-state index in [-0.39, 0.29) is 0 Å². The summed E-state index contributed by atoms with van der Waals surface area (Å²) in [5.74, 6) is 0.938. The predicted octanol–water partition coefficient (Wildman–Crippen LogP) is 2.52. The second-order valence-corrected chi connectivity index (χ2v) is 4.97. The molecule has 0 saturated carbocycles. The number of thiazole rings is 1. The molecule has 0 saturated heterocycles. The number of aryl methyl sites for hydroxylation is 1. The van der Waals surface area contributed by atoms with Crippen LogP contribution < -0.4 is 5.32 Å².